The van der Waals surface area contributed by atoms with Crippen molar-refractivity contribution in [2.45, 2.75) is 50.3 Å². The van der Waals surface area contributed by atoms with Crippen molar-refractivity contribution in [2.75, 3.05) is 19.6 Å². The largest absolute Gasteiger partial charge is 0.488 e. The summed E-state index contributed by atoms with van der Waals surface area (Å²) in [6, 6.07) is 7.81. The molecular weight excluding hydrogens is 328 g/mol. The molecule has 114 valence electrons. The quantitative estimate of drug-likeness (QED) is 0.906. The number of ether oxygens (including phenoxy) is 1. The van der Waals surface area contributed by atoms with Crippen molar-refractivity contribution >= 4 is 15.9 Å². The molecule has 0 bridgehead atoms. The molecular formula is C17H23BrN2O. The minimum absolute atomic E-state index is 0.330. The van der Waals surface area contributed by atoms with E-state index in [9.17, 15) is 0 Å². The van der Waals surface area contributed by atoms with Crippen molar-refractivity contribution in [1.82, 2.24) is 10.2 Å². The van der Waals surface area contributed by atoms with E-state index < -0.39 is 0 Å². The van der Waals surface area contributed by atoms with Crippen LogP contribution in [-0.4, -0.2) is 42.7 Å². The highest BCUT2D eigenvalue weighted by Gasteiger charge is 2.35. The van der Waals surface area contributed by atoms with E-state index in [0.29, 0.717) is 12.1 Å². The van der Waals surface area contributed by atoms with Gasteiger partial charge in [0.1, 0.15) is 11.9 Å². The third-order valence-electron chi connectivity index (χ3n) is 5.18. The van der Waals surface area contributed by atoms with E-state index in [0.717, 1.165) is 29.2 Å². The van der Waals surface area contributed by atoms with Crippen LogP contribution in [0.2, 0.25) is 0 Å². The molecule has 2 fully saturated rings. The van der Waals surface area contributed by atoms with Gasteiger partial charge in [-0.25, -0.2) is 0 Å². The smallest absolute Gasteiger partial charge is 0.123 e. The number of nitrogens with zero attached hydrogens (tertiary/aromatic N) is 1. The van der Waals surface area contributed by atoms with Gasteiger partial charge in [0, 0.05) is 29.5 Å². The summed E-state index contributed by atoms with van der Waals surface area (Å²) in [5.41, 5.74) is 1.35. The first-order valence-electron chi connectivity index (χ1n) is 8.22. The Labute approximate surface area is 135 Å². The first kappa shape index (κ1) is 14.0. The van der Waals surface area contributed by atoms with Gasteiger partial charge in [-0.2, -0.15) is 0 Å². The third kappa shape index (κ3) is 2.86. The fraction of sp³-hybridized carbons (Fsp3) is 0.647. The molecule has 3 aliphatic heterocycles. The van der Waals surface area contributed by atoms with Crippen LogP contribution in [0.3, 0.4) is 0 Å². The van der Waals surface area contributed by atoms with Crippen molar-refractivity contribution in [3.63, 3.8) is 0 Å². The Balaban J connectivity index is 1.40. The van der Waals surface area contributed by atoms with Gasteiger partial charge >= 0.3 is 0 Å². The lowest BCUT2D eigenvalue weighted by Gasteiger charge is -2.31. The normalized spacial score (nSPS) is 32.3. The average Bonchev–Trinajstić information content (AvgIpc) is 3.16. The Morgan fingerprint density at radius 3 is 3.10 bits per heavy atom. The molecule has 3 aliphatic rings. The van der Waals surface area contributed by atoms with Gasteiger partial charge in [0.05, 0.1) is 0 Å². The molecule has 21 heavy (non-hydrogen) atoms. The summed E-state index contributed by atoms with van der Waals surface area (Å²) >= 11 is 3.55. The van der Waals surface area contributed by atoms with E-state index in [1.54, 1.807) is 0 Å². The lowest BCUT2D eigenvalue weighted by atomic mass is 10.0. The van der Waals surface area contributed by atoms with Crippen LogP contribution in [0.4, 0.5) is 0 Å². The number of hydrogen-bond acceptors (Lipinski definition) is 3. The highest BCUT2D eigenvalue weighted by atomic mass is 79.9. The Kier molecular flexibility index (Phi) is 3.94. The number of benzene rings is 1. The molecule has 1 aromatic carbocycles. The van der Waals surface area contributed by atoms with E-state index in [1.165, 1.54) is 44.3 Å². The number of likely N-dealkylation sites (tertiary alicyclic amines) is 1. The molecule has 0 saturated carbocycles. The number of hydrogen-bond donors (Lipinski definition) is 1. The SMILES string of the molecule is Brc1ccc2c(c1)CC(CN1CCCC1C1CCCN1)O2. The molecule has 4 heteroatoms. The lowest BCUT2D eigenvalue weighted by Crippen LogP contribution is -2.47. The zero-order chi connectivity index (χ0) is 14.2. The molecule has 1 N–H and O–H groups in total. The monoisotopic (exact) mass is 350 g/mol. The third-order valence-corrected chi connectivity index (χ3v) is 5.67. The second-order valence-electron chi connectivity index (χ2n) is 6.60. The molecule has 0 spiro atoms. The van der Waals surface area contributed by atoms with Gasteiger partial charge in [0.2, 0.25) is 0 Å². The summed E-state index contributed by atoms with van der Waals surface area (Å²) in [7, 11) is 0. The Morgan fingerprint density at radius 2 is 2.24 bits per heavy atom. The summed E-state index contributed by atoms with van der Waals surface area (Å²) in [6.45, 7) is 3.52. The first-order chi connectivity index (χ1) is 10.3. The topological polar surface area (TPSA) is 24.5 Å². The fourth-order valence-corrected chi connectivity index (χ4v) is 4.64. The molecule has 3 nitrogen and oxygen atoms in total. The fourth-order valence-electron chi connectivity index (χ4n) is 4.23. The molecule has 0 radical (unpaired) electrons. The van der Waals surface area contributed by atoms with E-state index in [2.05, 4.69) is 44.3 Å². The minimum atomic E-state index is 0.330. The lowest BCUT2D eigenvalue weighted by molar-refractivity contribution is 0.128. The van der Waals surface area contributed by atoms with Crippen LogP contribution in [0.1, 0.15) is 31.2 Å². The number of nitrogens with one attached hydrogen (secondary N) is 1. The molecule has 0 aromatic heterocycles. The van der Waals surface area contributed by atoms with Gasteiger partial charge < -0.3 is 10.1 Å². The van der Waals surface area contributed by atoms with Gasteiger partial charge in [0.15, 0.2) is 0 Å². The zero-order valence-corrected chi connectivity index (χ0v) is 13.9. The van der Waals surface area contributed by atoms with E-state index in [-0.39, 0.29) is 0 Å². The second kappa shape index (κ2) is 5.90. The van der Waals surface area contributed by atoms with Gasteiger partial charge in [0.25, 0.3) is 0 Å². The van der Waals surface area contributed by atoms with E-state index in [1.807, 2.05) is 0 Å². The maximum absolute atomic E-state index is 6.15. The van der Waals surface area contributed by atoms with Crippen LogP contribution in [0.15, 0.2) is 22.7 Å². The van der Waals surface area contributed by atoms with Crippen LogP contribution < -0.4 is 10.1 Å². The molecule has 0 aliphatic carbocycles. The standard InChI is InChI=1S/C17H23BrN2O/c18-13-5-6-17-12(9-13)10-14(21-17)11-20-8-2-4-16(20)15-3-1-7-19-15/h5-6,9,14-16,19H,1-4,7-8,10-11H2. The first-order valence-corrected chi connectivity index (χ1v) is 9.01. The average molecular weight is 351 g/mol. The predicted molar refractivity (Wildman–Crippen MR) is 87.9 cm³/mol. The summed E-state index contributed by atoms with van der Waals surface area (Å²) < 4.78 is 7.30. The van der Waals surface area contributed by atoms with Crippen molar-refractivity contribution in [2.24, 2.45) is 0 Å². The van der Waals surface area contributed by atoms with Crippen LogP contribution in [0.5, 0.6) is 5.75 Å². The van der Waals surface area contributed by atoms with Crippen molar-refractivity contribution in [3.05, 3.63) is 28.2 Å². The van der Waals surface area contributed by atoms with Crippen molar-refractivity contribution in [3.8, 4) is 5.75 Å². The molecule has 2 saturated heterocycles. The highest BCUT2D eigenvalue weighted by molar-refractivity contribution is 9.10. The van der Waals surface area contributed by atoms with Crippen molar-refractivity contribution < 1.29 is 4.74 Å². The second-order valence-corrected chi connectivity index (χ2v) is 7.52. The summed E-state index contributed by atoms with van der Waals surface area (Å²) in [4.78, 5) is 2.68. The van der Waals surface area contributed by atoms with Gasteiger partial charge in [-0.05, 0) is 62.5 Å². The highest BCUT2D eigenvalue weighted by Crippen LogP contribution is 2.33. The number of fused-ring (bicyclic) bond motifs is 1. The van der Waals surface area contributed by atoms with E-state index >= 15 is 0 Å². The Morgan fingerprint density at radius 1 is 1.29 bits per heavy atom. The van der Waals surface area contributed by atoms with Gasteiger partial charge in [-0.15, -0.1) is 0 Å². The van der Waals surface area contributed by atoms with Crippen LogP contribution in [-0.2, 0) is 6.42 Å². The molecule has 4 rings (SSSR count). The maximum atomic E-state index is 6.15. The molecule has 3 unspecified atom stereocenters. The summed E-state index contributed by atoms with van der Waals surface area (Å²) in [6.07, 6.45) is 6.76. The van der Waals surface area contributed by atoms with Crippen LogP contribution in [0, 0.1) is 0 Å². The number of halogens is 1. The summed E-state index contributed by atoms with van der Waals surface area (Å²) in [5, 5.41) is 3.69. The maximum Gasteiger partial charge on any atom is 0.123 e. The van der Waals surface area contributed by atoms with Crippen LogP contribution in [0.25, 0.3) is 0 Å². The Hall–Kier alpha value is -0.580. The summed E-state index contributed by atoms with van der Waals surface area (Å²) in [5.74, 6) is 1.08. The predicted octanol–water partition coefficient (Wildman–Crippen LogP) is 2.97. The van der Waals surface area contributed by atoms with Gasteiger partial charge in [-0.1, -0.05) is 15.9 Å². The van der Waals surface area contributed by atoms with Gasteiger partial charge in [-0.3, -0.25) is 4.90 Å². The molecule has 1 aromatic rings. The zero-order valence-electron chi connectivity index (χ0n) is 12.4. The number of rotatable bonds is 3. The molecule has 0 amide bonds. The Bertz CT molecular complexity index is 516. The van der Waals surface area contributed by atoms with Crippen molar-refractivity contribution in [1.29, 1.82) is 0 Å². The molecule has 3 atom stereocenters. The van der Waals surface area contributed by atoms with E-state index in [4.69, 9.17) is 4.74 Å². The van der Waals surface area contributed by atoms with Crippen LogP contribution >= 0.6 is 15.9 Å². The molecule has 3 heterocycles. The minimum Gasteiger partial charge on any atom is -0.488 e.